The summed E-state index contributed by atoms with van der Waals surface area (Å²) in [7, 11) is -3.67. The SMILES string of the molecule is O=C(O)c1ccc(Br)c(S(=O)(=O)Cc2ccc(Cl)cc2)c1. The molecular weight excluding hydrogens is 380 g/mol. The minimum atomic E-state index is -3.67. The van der Waals surface area contributed by atoms with Gasteiger partial charge in [-0.3, -0.25) is 0 Å². The van der Waals surface area contributed by atoms with Gasteiger partial charge in [-0.2, -0.15) is 0 Å². The van der Waals surface area contributed by atoms with E-state index in [0.29, 0.717) is 15.1 Å². The summed E-state index contributed by atoms with van der Waals surface area (Å²) in [5, 5.41) is 9.48. The Labute approximate surface area is 135 Å². The van der Waals surface area contributed by atoms with Crippen LogP contribution in [-0.2, 0) is 15.6 Å². The monoisotopic (exact) mass is 388 g/mol. The van der Waals surface area contributed by atoms with Gasteiger partial charge in [-0.1, -0.05) is 23.7 Å². The van der Waals surface area contributed by atoms with Crippen LogP contribution in [0.3, 0.4) is 0 Å². The van der Waals surface area contributed by atoms with Gasteiger partial charge in [0.2, 0.25) is 0 Å². The van der Waals surface area contributed by atoms with E-state index in [9.17, 15) is 13.2 Å². The molecule has 2 aromatic carbocycles. The molecule has 0 aromatic heterocycles. The van der Waals surface area contributed by atoms with E-state index in [2.05, 4.69) is 15.9 Å². The Hall–Kier alpha value is -1.37. The molecule has 0 fully saturated rings. The summed E-state index contributed by atoms with van der Waals surface area (Å²) in [5.41, 5.74) is 0.500. The predicted octanol–water partition coefficient (Wildman–Crippen LogP) is 3.77. The van der Waals surface area contributed by atoms with Gasteiger partial charge >= 0.3 is 5.97 Å². The quantitative estimate of drug-likeness (QED) is 0.864. The average Bonchev–Trinajstić information content (AvgIpc) is 2.41. The Morgan fingerprint density at radius 3 is 2.33 bits per heavy atom. The fourth-order valence-electron chi connectivity index (χ4n) is 1.75. The van der Waals surface area contributed by atoms with Crippen molar-refractivity contribution in [2.45, 2.75) is 10.6 Å². The van der Waals surface area contributed by atoms with Crippen molar-refractivity contribution in [1.29, 1.82) is 0 Å². The van der Waals surface area contributed by atoms with Gasteiger partial charge in [0.05, 0.1) is 16.2 Å². The Balaban J connectivity index is 2.41. The lowest BCUT2D eigenvalue weighted by atomic mass is 10.2. The van der Waals surface area contributed by atoms with E-state index in [1.165, 1.54) is 12.1 Å². The van der Waals surface area contributed by atoms with Crippen molar-refractivity contribution in [3.63, 3.8) is 0 Å². The van der Waals surface area contributed by atoms with Crippen LogP contribution >= 0.6 is 27.5 Å². The highest BCUT2D eigenvalue weighted by atomic mass is 79.9. The van der Waals surface area contributed by atoms with Crippen molar-refractivity contribution in [1.82, 2.24) is 0 Å². The molecular formula is C14H10BrClO4S. The smallest absolute Gasteiger partial charge is 0.335 e. The van der Waals surface area contributed by atoms with Crippen LogP contribution in [0.4, 0.5) is 0 Å². The maximum absolute atomic E-state index is 12.4. The molecule has 0 atom stereocenters. The number of hydrogen-bond donors (Lipinski definition) is 1. The Morgan fingerprint density at radius 2 is 1.76 bits per heavy atom. The zero-order valence-electron chi connectivity index (χ0n) is 10.6. The third-order valence-corrected chi connectivity index (χ3v) is 5.71. The minimum Gasteiger partial charge on any atom is -0.478 e. The highest BCUT2D eigenvalue weighted by Gasteiger charge is 2.20. The normalized spacial score (nSPS) is 11.3. The van der Waals surface area contributed by atoms with E-state index < -0.39 is 15.8 Å². The fraction of sp³-hybridized carbons (Fsp3) is 0.0714. The zero-order valence-corrected chi connectivity index (χ0v) is 13.7. The van der Waals surface area contributed by atoms with Crippen molar-refractivity contribution < 1.29 is 18.3 Å². The van der Waals surface area contributed by atoms with Crippen LogP contribution in [0.25, 0.3) is 0 Å². The molecule has 0 radical (unpaired) electrons. The van der Waals surface area contributed by atoms with Gasteiger partial charge in [-0.15, -0.1) is 0 Å². The van der Waals surface area contributed by atoms with Crippen molar-refractivity contribution in [3.05, 3.63) is 63.1 Å². The molecule has 2 rings (SSSR count). The number of aromatic carboxylic acids is 1. The van der Waals surface area contributed by atoms with E-state index in [-0.39, 0.29) is 16.2 Å². The molecule has 110 valence electrons. The van der Waals surface area contributed by atoms with Crippen molar-refractivity contribution >= 4 is 43.3 Å². The highest BCUT2D eigenvalue weighted by molar-refractivity contribution is 9.10. The molecule has 7 heteroatoms. The standard InChI is InChI=1S/C14H10BrClO4S/c15-12-6-3-10(14(17)18)7-13(12)21(19,20)8-9-1-4-11(16)5-2-9/h1-7H,8H2,(H,17,18). The summed E-state index contributed by atoms with van der Waals surface area (Å²) in [5.74, 6) is -1.41. The van der Waals surface area contributed by atoms with Crippen LogP contribution in [0.1, 0.15) is 15.9 Å². The summed E-state index contributed by atoms with van der Waals surface area (Å²) in [4.78, 5) is 10.9. The summed E-state index contributed by atoms with van der Waals surface area (Å²) < 4.78 is 25.2. The number of carboxylic acids is 1. The van der Waals surface area contributed by atoms with Gasteiger partial charge in [0.25, 0.3) is 0 Å². The van der Waals surface area contributed by atoms with Crippen molar-refractivity contribution in [2.24, 2.45) is 0 Å². The molecule has 0 unspecified atom stereocenters. The maximum Gasteiger partial charge on any atom is 0.335 e. The largest absolute Gasteiger partial charge is 0.478 e. The summed E-state index contributed by atoms with van der Waals surface area (Å²) in [6.45, 7) is 0. The average molecular weight is 390 g/mol. The third-order valence-electron chi connectivity index (χ3n) is 2.78. The Kier molecular flexibility index (Phi) is 4.70. The molecule has 2 aromatic rings. The molecule has 0 saturated carbocycles. The lowest BCUT2D eigenvalue weighted by Crippen LogP contribution is -2.08. The van der Waals surface area contributed by atoms with Crippen LogP contribution in [-0.4, -0.2) is 19.5 Å². The molecule has 0 aliphatic heterocycles. The fourth-order valence-corrected chi connectivity index (χ4v) is 4.32. The van der Waals surface area contributed by atoms with Gasteiger partial charge in [0.1, 0.15) is 0 Å². The van der Waals surface area contributed by atoms with Crippen molar-refractivity contribution in [3.8, 4) is 0 Å². The van der Waals surface area contributed by atoms with E-state index in [1.54, 1.807) is 24.3 Å². The van der Waals surface area contributed by atoms with Gasteiger partial charge < -0.3 is 5.11 Å². The first-order chi connectivity index (χ1) is 9.79. The molecule has 1 N–H and O–H groups in total. The second kappa shape index (κ2) is 6.17. The topological polar surface area (TPSA) is 71.4 Å². The number of sulfone groups is 1. The summed E-state index contributed by atoms with van der Waals surface area (Å²) in [6, 6.07) is 10.4. The van der Waals surface area contributed by atoms with E-state index >= 15 is 0 Å². The minimum absolute atomic E-state index is 0.0441. The molecule has 21 heavy (non-hydrogen) atoms. The number of halogens is 2. The van der Waals surface area contributed by atoms with E-state index in [4.69, 9.17) is 16.7 Å². The van der Waals surface area contributed by atoms with Crippen LogP contribution in [0, 0.1) is 0 Å². The van der Waals surface area contributed by atoms with E-state index in [1.807, 2.05) is 0 Å². The van der Waals surface area contributed by atoms with Crippen molar-refractivity contribution in [2.75, 3.05) is 0 Å². The van der Waals surface area contributed by atoms with Crippen LogP contribution in [0.2, 0.25) is 5.02 Å². The lowest BCUT2D eigenvalue weighted by Gasteiger charge is -2.08. The number of carboxylic acid groups (broad SMARTS) is 1. The zero-order chi connectivity index (χ0) is 15.6. The second-order valence-electron chi connectivity index (χ2n) is 4.34. The first kappa shape index (κ1) is 16.0. The molecule has 0 spiro atoms. The molecule has 0 saturated heterocycles. The second-order valence-corrected chi connectivity index (χ2v) is 7.58. The maximum atomic E-state index is 12.4. The molecule has 0 amide bonds. The van der Waals surface area contributed by atoms with Crippen LogP contribution in [0.15, 0.2) is 51.8 Å². The summed E-state index contributed by atoms with van der Waals surface area (Å²) in [6.07, 6.45) is 0. The van der Waals surface area contributed by atoms with Gasteiger partial charge in [-0.25, -0.2) is 13.2 Å². The summed E-state index contributed by atoms with van der Waals surface area (Å²) >= 11 is 8.91. The lowest BCUT2D eigenvalue weighted by molar-refractivity contribution is 0.0696. The first-order valence-electron chi connectivity index (χ1n) is 5.79. The third kappa shape index (κ3) is 3.84. The Morgan fingerprint density at radius 1 is 1.14 bits per heavy atom. The van der Waals surface area contributed by atoms with Gasteiger partial charge in [0, 0.05) is 9.50 Å². The van der Waals surface area contributed by atoms with Crippen LogP contribution < -0.4 is 0 Å². The first-order valence-corrected chi connectivity index (χ1v) is 8.62. The van der Waals surface area contributed by atoms with Gasteiger partial charge in [-0.05, 0) is 51.8 Å². The van der Waals surface area contributed by atoms with E-state index in [0.717, 1.165) is 6.07 Å². The van der Waals surface area contributed by atoms with Gasteiger partial charge in [0.15, 0.2) is 9.84 Å². The number of rotatable bonds is 4. The molecule has 4 nitrogen and oxygen atoms in total. The highest BCUT2D eigenvalue weighted by Crippen LogP contribution is 2.26. The number of benzene rings is 2. The molecule has 0 aliphatic rings. The molecule has 0 bridgehead atoms. The molecule has 0 aliphatic carbocycles. The number of hydrogen-bond acceptors (Lipinski definition) is 3. The molecule has 0 heterocycles. The van der Waals surface area contributed by atoms with Crippen LogP contribution in [0.5, 0.6) is 0 Å². The number of carbonyl (C=O) groups is 1. The Bertz CT molecular complexity index is 785. The predicted molar refractivity (Wildman–Crippen MR) is 83.4 cm³/mol.